The lowest BCUT2D eigenvalue weighted by Gasteiger charge is -2.46. The van der Waals surface area contributed by atoms with Gasteiger partial charge >= 0.3 is 0 Å². The van der Waals surface area contributed by atoms with Gasteiger partial charge in [-0.05, 0) is 0 Å². The van der Waals surface area contributed by atoms with Gasteiger partial charge in [0.05, 0.1) is 11.6 Å². The minimum atomic E-state index is 0.309. The van der Waals surface area contributed by atoms with Gasteiger partial charge in [0.15, 0.2) is 6.29 Å². The van der Waals surface area contributed by atoms with Crippen molar-refractivity contribution in [3.63, 3.8) is 0 Å². The van der Waals surface area contributed by atoms with Crippen molar-refractivity contribution in [1.82, 2.24) is 19.8 Å². The Morgan fingerprint density at radius 3 is 2.38 bits per heavy atom. The van der Waals surface area contributed by atoms with Gasteiger partial charge in [0, 0.05) is 45.1 Å². The third-order valence-corrected chi connectivity index (χ3v) is 3.40. The minimum absolute atomic E-state index is 0.309. The van der Waals surface area contributed by atoms with E-state index in [4.69, 9.17) is 0 Å². The summed E-state index contributed by atoms with van der Waals surface area (Å²) in [6.07, 6.45) is 3.99. The van der Waals surface area contributed by atoms with Gasteiger partial charge in [-0.3, -0.25) is 14.6 Å². The molecule has 0 N–H and O–H groups in total. The Balaban J connectivity index is 1.83. The zero-order valence-electron chi connectivity index (χ0n) is 9.04. The summed E-state index contributed by atoms with van der Waals surface area (Å²) in [7, 11) is 0. The Bertz CT molecular complexity index is 383. The molecule has 0 spiro atoms. The normalized spacial score (nSPS) is 32.6. The van der Waals surface area contributed by atoms with Crippen LogP contribution in [-0.4, -0.2) is 58.8 Å². The fourth-order valence-electron chi connectivity index (χ4n) is 2.44. The van der Waals surface area contributed by atoms with Gasteiger partial charge in [0.2, 0.25) is 0 Å². The van der Waals surface area contributed by atoms with Crippen LogP contribution in [0, 0.1) is 0 Å². The quantitative estimate of drug-likeness (QED) is 0.652. The van der Waals surface area contributed by atoms with Gasteiger partial charge < -0.3 is 0 Å². The number of hydrogen-bond donors (Lipinski definition) is 0. The van der Waals surface area contributed by atoms with Crippen molar-refractivity contribution < 1.29 is 4.79 Å². The number of aldehydes is 1. The van der Waals surface area contributed by atoms with E-state index in [1.807, 2.05) is 0 Å². The van der Waals surface area contributed by atoms with Crippen LogP contribution < -0.4 is 0 Å². The monoisotopic (exact) mass is 218 g/mol. The molecular formula is C11H14N4O. The van der Waals surface area contributed by atoms with E-state index in [1.165, 1.54) is 0 Å². The number of aromatic nitrogens is 2. The molecule has 4 rings (SSSR count). The lowest BCUT2D eigenvalue weighted by molar-refractivity contribution is 0.00863. The van der Waals surface area contributed by atoms with E-state index in [9.17, 15) is 4.79 Å². The van der Waals surface area contributed by atoms with Gasteiger partial charge in [0.25, 0.3) is 0 Å². The summed E-state index contributed by atoms with van der Waals surface area (Å²) >= 11 is 0. The van der Waals surface area contributed by atoms with Crippen LogP contribution in [0.4, 0.5) is 0 Å². The molecule has 3 saturated heterocycles. The van der Waals surface area contributed by atoms with E-state index in [0.717, 1.165) is 44.8 Å². The van der Waals surface area contributed by atoms with Crippen LogP contribution in [0.1, 0.15) is 22.2 Å². The average Bonchev–Trinajstić information content (AvgIpc) is 2.40. The SMILES string of the molecule is O=Cc1cnc(C2CN3CCN2CC3)nc1. The van der Waals surface area contributed by atoms with Crippen molar-refractivity contribution >= 4 is 6.29 Å². The van der Waals surface area contributed by atoms with Crippen molar-refractivity contribution in [1.29, 1.82) is 0 Å². The predicted octanol–water partition coefficient (Wildman–Crippen LogP) is -0.0386. The molecule has 84 valence electrons. The molecule has 0 radical (unpaired) electrons. The van der Waals surface area contributed by atoms with Crippen LogP contribution in [0.5, 0.6) is 0 Å². The first-order chi connectivity index (χ1) is 7.86. The number of nitrogens with zero attached hydrogens (tertiary/aromatic N) is 4. The fraction of sp³-hybridized carbons (Fsp3) is 0.545. The van der Waals surface area contributed by atoms with E-state index in [0.29, 0.717) is 11.6 Å². The molecule has 0 aliphatic carbocycles. The first kappa shape index (κ1) is 9.86. The van der Waals surface area contributed by atoms with Gasteiger partial charge in [0.1, 0.15) is 5.82 Å². The minimum Gasteiger partial charge on any atom is -0.299 e. The fourth-order valence-corrected chi connectivity index (χ4v) is 2.44. The Kier molecular flexibility index (Phi) is 2.41. The van der Waals surface area contributed by atoms with Crippen LogP contribution in [0.3, 0.4) is 0 Å². The maximum atomic E-state index is 10.5. The summed E-state index contributed by atoms with van der Waals surface area (Å²) in [5, 5.41) is 0. The first-order valence-electron chi connectivity index (χ1n) is 5.60. The molecule has 1 aromatic heterocycles. The summed E-state index contributed by atoms with van der Waals surface area (Å²) in [5.74, 6) is 0.843. The van der Waals surface area contributed by atoms with Crippen molar-refractivity contribution in [2.45, 2.75) is 6.04 Å². The number of fused-ring (bicyclic) bond motifs is 3. The van der Waals surface area contributed by atoms with Crippen LogP contribution in [0.15, 0.2) is 12.4 Å². The zero-order chi connectivity index (χ0) is 11.0. The lowest BCUT2D eigenvalue weighted by atomic mass is 10.1. The molecule has 1 unspecified atom stereocenters. The first-order valence-corrected chi connectivity index (χ1v) is 5.60. The topological polar surface area (TPSA) is 49.3 Å². The molecule has 16 heavy (non-hydrogen) atoms. The number of hydrogen-bond acceptors (Lipinski definition) is 5. The summed E-state index contributed by atoms with van der Waals surface area (Å²) in [5.41, 5.74) is 0.542. The Labute approximate surface area is 94.1 Å². The van der Waals surface area contributed by atoms with Crippen LogP contribution >= 0.6 is 0 Å². The number of rotatable bonds is 2. The molecular weight excluding hydrogens is 204 g/mol. The van der Waals surface area contributed by atoms with Gasteiger partial charge in [-0.15, -0.1) is 0 Å². The highest BCUT2D eigenvalue weighted by atomic mass is 16.1. The predicted molar refractivity (Wildman–Crippen MR) is 58.2 cm³/mol. The smallest absolute Gasteiger partial charge is 0.153 e. The third-order valence-electron chi connectivity index (χ3n) is 3.40. The maximum absolute atomic E-state index is 10.5. The van der Waals surface area contributed by atoms with Crippen molar-refractivity contribution in [3.8, 4) is 0 Å². The Morgan fingerprint density at radius 1 is 1.19 bits per heavy atom. The summed E-state index contributed by atoms with van der Waals surface area (Å²) < 4.78 is 0. The summed E-state index contributed by atoms with van der Waals surface area (Å²) in [6, 6.07) is 0.309. The Morgan fingerprint density at radius 2 is 1.88 bits per heavy atom. The van der Waals surface area contributed by atoms with E-state index in [2.05, 4.69) is 19.8 Å². The van der Waals surface area contributed by atoms with Gasteiger partial charge in [-0.1, -0.05) is 0 Å². The third kappa shape index (κ3) is 1.62. The molecule has 3 aliphatic rings. The Hall–Kier alpha value is -1.33. The molecule has 0 amide bonds. The molecule has 5 nitrogen and oxygen atoms in total. The lowest BCUT2D eigenvalue weighted by Crippen LogP contribution is -2.57. The molecule has 1 atom stereocenters. The van der Waals surface area contributed by atoms with Gasteiger partial charge in [-0.2, -0.15) is 0 Å². The molecule has 3 aliphatic heterocycles. The second-order valence-electron chi connectivity index (χ2n) is 4.34. The second-order valence-corrected chi connectivity index (χ2v) is 4.34. The van der Waals surface area contributed by atoms with Crippen molar-refractivity contribution in [2.75, 3.05) is 32.7 Å². The van der Waals surface area contributed by atoms with Crippen LogP contribution in [-0.2, 0) is 0 Å². The van der Waals surface area contributed by atoms with E-state index < -0.39 is 0 Å². The van der Waals surface area contributed by atoms with Gasteiger partial charge in [-0.25, -0.2) is 9.97 Å². The second kappa shape index (κ2) is 3.92. The zero-order valence-corrected chi connectivity index (χ0v) is 9.04. The van der Waals surface area contributed by atoms with Crippen LogP contribution in [0.25, 0.3) is 0 Å². The van der Waals surface area contributed by atoms with Crippen LogP contribution in [0.2, 0.25) is 0 Å². The van der Waals surface area contributed by atoms with Crippen molar-refractivity contribution in [3.05, 3.63) is 23.8 Å². The molecule has 1 aromatic rings. The summed E-state index contributed by atoms with van der Waals surface area (Å²) in [6.45, 7) is 5.53. The number of carbonyl (C=O) groups excluding carboxylic acids is 1. The summed E-state index contributed by atoms with van der Waals surface area (Å²) in [4.78, 5) is 24.0. The average molecular weight is 218 g/mol. The van der Waals surface area contributed by atoms with E-state index in [1.54, 1.807) is 12.4 Å². The number of piperazine rings is 3. The highest BCUT2D eigenvalue weighted by Crippen LogP contribution is 2.25. The molecule has 0 aromatic carbocycles. The maximum Gasteiger partial charge on any atom is 0.153 e. The molecule has 4 heterocycles. The van der Waals surface area contributed by atoms with Crippen molar-refractivity contribution in [2.24, 2.45) is 0 Å². The number of carbonyl (C=O) groups is 1. The highest BCUT2D eigenvalue weighted by Gasteiger charge is 2.34. The molecule has 2 bridgehead atoms. The van der Waals surface area contributed by atoms with E-state index in [-0.39, 0.29) is 0 Å². The highest BCUT2D eigenvalue weighted by molar-refractivity contribution is 5.73. The molecule has 0 saturated carbocycles. The molecule has 3 fully saturated rings. The molecule has 5 heteroatoms. The van der Waals surface area contributed by atoms with E-state index >= 15 is 0 Å². The standard InChI is InChI=1S/C11H14N4O/c16-8-9-5-12-11(13-6-9)10-7-14-1-3-15(10)4-2-14/h5-6,8,10H,1-4,7H2. The largest absolute Gasteiger partial charge is 0.299 e.